The molecular weight excluding hydrogens is 322 g/mol. The zero-order valence-electron chi connectivity index (χ0n) is 12.2. The minimum absolute atomic E-state index is 0.346. The Bertz CT molecular complexity index is 768. The van der Waals surface area contributed by atoms with Crippen molar-refractivity contribution in [2.45, 2.75) is 17.6 Å². The summed E-state index contributed by atoms with van der Waals surface area (Å²) in [5.74, 6) is 1.46. The second-order valence-electron chi connectivity index (χ2n) is 4.99. The molecule has 1 aromatic heterocycles. The van der Waals surface area contributed by atoms with Crippen LogP contribution >= 0.6 is 11.3 Å². The zero-order valence-corrected chi connectivity index (χ0v) is 13.8. The van der Waals surface area contributed by atoms with Crippen molar-refractivity contribution in [2.75, 3.05) is 19.8 Å². The summed E-state index contributed by atoms with van der Waals surface area (Å²) in [6.45, 7) is 3.34. The van der Waals surface area contributed by atoms with Crippen molar-refractivity contribution in [3.63, 3.8) is 0 Å². The number of sulfonamides is 1. The zero-order chi connectivity index (χ0) is 15.6. The lowest BCUT2D eigenvalue weighted by Crippen LogP contribution is -2.25. The first-order valence-electron chi connectivity index (χ1n) is 6.99. The number of ether oxygens (including phenoxy) is 2. The highest BCUT2D eigenvalue weighted by Gasteiger charge is 2.16. The Morgan fingerprint density at radius 1 is 1.14 bits per heavy atom. The van der Waals surface area contributed by atoms with Crippen LogP contribution in [0.25, 0.3) is 0 Å². The molecule has 0 spiro atoms. The molecule has 0 amide bonds. The van der Waals surface area contributed by atoms with Gasteiger partial charge in [0, 0.05) is 11.4 Å². The molecule has 3 rings (SSSR count). The predicted octanol–water partition coefficient (Wildman–Crippen LogP) is 2.35. The molecule has 0 radical (unpaired) electrons. The Hall–Kier alpha value is -1.57. The third-order valence-corrected chi connectivity index (χ3v) is 6.25. The van der Waals surface area contributed by atoms with E-state index in [4.69, 9.17) is 9.47 Å². The lowest BCUT2D eigenvalue weighted by atomic mass is 10.1. The van der Waals surface area contributed by atoms with Gasteiger partial charge in [0.25, 0.3) is 0 Å². The Balaban J connectivity index is 1.61. The van der Waals surface area contributed by atoms with Crippen molar-refractivity contribution in [3.8, 4) is 11.5 Å². The normalized spacial score (nSPS) is 14.0. The van der Waals surface area contributed by atoms with Gasteiger partial charge in [0.15, 0.2) is 11.5 Å². The molecule has 2 aromatic rings. The maximum Gasteiger partial charge on any atom is 0.250 e. The van der Waals surface area contributed by atoms with Crippen LogP contribution in [0.15, 0.2) is 34.5 Å². The average molecular weight is 339 g/mol. The fourth-order valence-electron chi connectivity index (χ4n) is 2.20. The summed E-state index contributed by atoms with van der Waals surface area (Å²) in [6, 6.07) is 9.13. The Kier molecular flexibility index (Phi) is 4.37. The number of rotatable bonds is 5. The summed E-state index contributed by atoms with van der Waals surface area (Å²) in [5, 5.41) is 0. The first-order valence-corrected chi connectivity index (χ1v) is 9.29. The van der Waals surface area contributed by atoms with Gasteiger partial charge in [0.1, 0.15) is 17.4 Å². The van der Waals surface area contributed by atoms with Crippen molar-refractivity contribution >= 4 is 21.4 Å². The van der Waals surface area contributed by atoms with E-state index in [9.17, 15) is 8.42 Å². The van der Waals surface area contributed by atoms with E-state index in [1.54, 1.807) is 12.1 Å². The maximum absolute atomic E-state index is 12.1. The van der Waals surface area contributed by atoms with Crippen LogP contribution in [0.3, 0.4) is 0 Å². The van der Waals surface area contributed by atoms with Crippen LogP contribution in [0.4, 0.5) is 0 Å². The maximum atomic E-state index is 12.1. The van der Waals surface area contributed by atoms with E-state index >= 15 is 0 Å². The molecular formula is C15H17NO4S2. The van der Waals surface area contributed by atoms with E-state index in [-0.39, 0.29) is 0 Å². The summed E-state index contributed by atoms with van der Waals surface area (Å²) >= 11 is 1.27. The van der Waals surface area contributed by atoms with Gasteiger partial charge in [-0.15, -0.1) is 11.3 Å². The highest BCUT2D eigenvalue weighted by atomic mass is 32.2. The highest BCUT2D eigenvalue weighted by molar-refractivity contribution is 7.91. The van der Waals surface area contributed by atoms with E-state index in [1.165, 1.54) is 11.3 Å². The molecule has 22 heavy (non-hydrogen) atoms. The second-order valence-corrected chi connectivity index (χ2v) is 8.27. The molecule has 118 valence electrons. The molecule has 1 N–H and O–H groups in total. The number of fused-ring (bicyclic) bond motifs is 1. The van der Waals surface area contributed by atoms with Crippen molar-refractivity contribution in [3.05, 3.63) is 40.8 Å². The number of aryl methyl sites for hydroxylation is 1. The van der Waals surface area contributed by atoms with E-state index in [0.717, 1.165) is 21.9 Å². The molecule has 1 aliphatic rings. The topological polar surface area (TPSA) is 64.6 Å². The van der Waals surface area contributed by atoms with E-state index in [0.29, 0.717) is 30.4 Å². The third-order valence-electron chi connectivity index (χ3n) is 3.29. The molecule has 0 fully saturated rings. The molecule has 0 aliphatic carbocycles. The Morgan fingerprint density at radius 3 is 2.64 bits per heavy atom. The average Bonchev–Trinajstić information content (AvgIpc) is 2.94. The van der Waals surface area contributed by atoms with Crippen LogP contribution in [0.2, 0.25) is 0 Å². The van der Waals surface area contributed by atoms with Gasteiger partial charge in [-0.2, -0.15) is 0 Å². The fraction of sp³-hybridized carbons (Fsp3) is 0.333. The molecule has 7 heteroatoms. The van der Waals surface area contributed by atoms with Crippen LogP contribution in [0.1, 0.15) is 10.4 Å². The van der Waals surface area contributed by atoms with Crippen LogP contribution < -0.4 is 14.2 Å². The largest absolute Gasteiger partial charge is 0.486 e. The standard InChI is InChI=1S/C15H17NO4S2/c1-11-2-5-15(21-11)22(17,18)16-7-6-12-3-4-13-14(10-12)20-9-8-19-13/h2-5,10,16H,6-9H2,1H3. The minimum atomic E-state index is -3.41. The van der Waals surface area contributed by atoms with Gasteiger partial charge >= 0.3 is 0 Å². The Labute approximate surface area is 133 Å². The first kappa shape index (κ1) is 15.3. The lowest BCUT2D eigenvalue weighted by Gasteiger charge is -2.18. The van der Waals surface area contributed by atoms with Crippen molar-refractivity contribution in [2.24, 2.45) is 0 Å². The molecule has 0 saturated carbocycles. The number of hydrogen-bond acceptors (Lipinski definition) is 5. The van der Waals surface area contributed by atoms with Crippen molar-refractivity contribution in [1.82, 2.24) is 4.72 Å². The van der Waals surface area contributed by atoms with E-state index in [1.807, 2.05) is 25.1 Å². The minimum Gasteiger partial charge on any atom is -0.486 e. The second kappa shape index (κ2) is 6.28. The first-order chi connectivity index (χ1) is 10.5. The third kappa shape index (κ3) is 3.43. The van der Waals surface area contributed by atoms with E-state index < -0.39 is 10.0 Å². The van der Waals surface area contributed by atoms with Crippen LogP contribution in [0.5, 0.6) is 11.5 Å². The number of nitrogens with one attached hydrogen (secondary N) is 1. The molecule has 1 aliphatic heterocycles. The molecule has 2 heterocycles. The van der Waals surface area contributed by atoms with Crippen LogP contribution in [-0.2, 0) is 16.4 Å². The van der Waals surface area contributed by atoms with Crippen LogP contribution in [-0.4, -0.2) is 28.2 Å². The number of hydrogen-bond donors (Lipinski definition) is 1. The lowest BCUT2D eigenvalue weighted by molar-refractivity contribution is 0.171. The smallest absolute Gasteiger partial charge is 0.250 e. The summed E-state index contributed by atoms with van der Waals surface area (Å²) < 4.78 is 38.2. The van der Waals surface area contributed by atoms with Gasteiger partial charge in [-0.25, -0.2) is 13.1 Å². The van der Waals surface area contributed by atoms with Gasteiger partial charge in [-0.05, 0) is 43.2 Å². The van der Waals surface area contributed by atoms with Gasteiger partial charge in [0.2, 0.25) is 10.0 Å². The SMILES string of the molecule is Cc1ccc(S(=O)(=O)NCCc2ccc3c(c2)OCCO3)s1. The van der Waals surface area contributed by atoms with Crippen LogP contribution in [0, 0.1) is 6.92 Å². The summed E-state index contributed by atoms with van der Waals surface area (Å²) in [4.78, 5) is 0.979. The fourth-order valence-corrected chi connectivity index (χ4v) is 4.56. The molecule has 1 aromatic carbocycles. The number of benzene rings is 1. The summed E-state index contributed by atoms with van der Waals surface area (Å²) in [5.41, 5.74) is 1.01. The molecule has 0 bridgehead atoms. The van der Waals surface area contributed by atoms with Crippen molar-refractivity contribution in [1.29, 1.82) is 0 Å². The molecule has 0 saturated heterocycles. The summed E-state index contributed by atoms with van der Waals surface area (Å²) in [6.07, 6.45) is 0.597. The molecule has 5 nitrogen and oxygen atoms in total. The monoisotopic (exact) mass is 339 g/mol. The van der Waals surface area contributed by atoms with Gasteiger partial charge < -0.3 is 9.47 Å². The predicted molar refractivity (Wildman–Crippen MR) is 85.4 cm³/mol. The molecule has 0 unspecified atom stereocenters. The quantitative estimate of drug-likeness (QED) is 0.908. The van der Waals surface area contributed by atoms with Gasteiger partial charge in [-0.1, -0.05) is 6.07 Å². The van der Waals surface area contributed by atoms with Gasteiger partial charge in [0.05, 0.1) is 0 Å². The summed E-state index contributed by atoms with van der Waals surface area (Å²) in [7, 11) is -3.41. The molecule has 0 atom stereocenters. The highest BCUT2D eigenvalue weighted by Crippen LogP contribution is 2.30. The van der Waals surface area contributed by atoms with E-state index in [2.05, 4.69) is 4.72 Å². The Morgan fingerprint density at radius 2 is 1.91 bits per heavy atom. The van der Waals surface area contributed by atoms with Gasteiger partial charge in [-0.3, -0.25) is 0 Å². The number of thiophene rings is 1. The van der Waals surface area contributed by atoms with Crippen molar-refractivity contribution < 1.29 is 17.9 Å².